The molecule has 1 aliphatic carbocycles. The molecule has 19 heavy (non-hydrogen) atoms. The van der Waals surface area contributed by atoms with Crippen LogP contribution >= 0.6 is 0 Å². The summed E-state index contributed by atoms with van der Waals surface area (Å²) in [5.41, 5.74) is 0. The van der Waals surface area contributed by atoms with Crippen LogP contribution < -0.4 is 5.32 Å². The second-order valence-electron chi connectivity index (χ2n) is 5.14. The van der Waals surface area contributed by atoms with Crippen molar-refractivity contribution in [1.29, 1.82) is 0 Å². The minimum absolute atomic E-state index is 0.139. The average molecular weight is 278 g/mol. The molecule has 1 saturated carbocycles. The number of Topliss-reactive ketones (excluding diaryl/α,β-unsaturated/α-hetero) is 1. The molecule has 0 aromatic heterocycles. The van der Waals surface area contributed by atoms with E-state index in [2.05, 4.69) is 0 Å². The van der Waals surface area contributed by atoms with Gasteiger partial charge < -0.3 is 10.2 Å². The van der Waals surface area contributed by atoms with Crippen molar-refractivity contribution in [3.8, 4) is 0 Å². The number of carbonyl (C=O) groups is 2. The summed E-state index contributed by atoms with van der Waals surface area (Å²) in [6.07, 6.45) is -0.873. The summed E-state index contributed by atoms with van der Waals surface area (Å²) < 4.78 is 36.2. The van der Waals surface area contributed by atoms with E-state index in [1.807, 2.05) is 5.32 Å². The van der Waals surface area contributed by atoms with E-state index in [-0.39, 0.29) is 17.7 Å². The number of hydrogen-bond donors (Lipinski definition) is 1. The Bertz CT molecular complexity index is 370. The summed E-state index contributed by atoms with van der Waals surface area (Å²) in [4.78, 5) is 24.9. The van der Waals surface area contributed by atoms with Crippen molar-refractivity contribution in [2.75, 3.05) is 13.1 Å². The van der Waals surface area contributed by atoms with Crippen molar-refractivity contribution in [2.45, 2.75) is 44.3 Å². The zero-order chi connectivity index (χ0) is 14.0. The number of urea groups is 1. The van der Waals surface area contributed by atoms with E-state index < -0.39 is 18.8 Å². The van der Waals surface area contributed by atoms with Crippen LogP contribution in [0.3, 0.4) is 0 Å². The largest absolute Gasteiger partial charge is 0.405 e. The first-order valence-corrected chi connectivity index (χ1v) is 6.52. The number of likely N-dealkylation sites (tertiary alicyclic amines) is 1. The van der Waals surface area contributed by atoms with Crippen molar-refractivity contribution in [3.05, 3.63) is 0 Å². The molecule has 2 amide bonds. The Labute approximate surface area is 109 Å². The Hall–Kier alpha value is -1.27. The lowest BCUT2D eigenvalue weighted by atomic mass is 9.95. The third-order valence-corrected chi connectivity index (χ3v) is 3.82. The summed E-state index contributed by atoms with van der Waals surface area (Å²) >= 11 is 0. The van der Waals surface area contributed by atoms with E-state index in [0.29, 0.717) is 19.4 Å². The first-order valence-electron chi connectivity index (χ1n) is 6.52. The molecule has 1 aliphatic heterocycles. The van der Waals surface area contributed by atoms with Crippen LogP contribution in [-0.4, -0.2) is 42.0 Å². The van der Waals surface area contributed by atoms with Crippen molar-refractivity contribution in [2.24, 2.45) is 5.92 Å². The van der Waals surface area contributed by atoms with Crippen LogP contribution in [0.2, 0.25) is 0 Å². The van der Waals surface area contributed by atoms with Crippen LogP contribution in [0, 0.1) is 5.92 Å². The Morgan fingerprint density at radius 3 is 2.63 bits per heavy atom. The van der Waals surface area contributed by atoms with Crippen molar-refractivity contribution in [1.82, 2.24) is 10.2 Å². The maximum Gasteiger partial charge on any atom is 0.405 e. The summed E-state index contributed by atoms with van der Waals surface area (Å²) in [5, 5.41) is 1.88. The highest BCUT2D eigenvalue weighted by atomic mass is 19.4. The molecule has 2 unspecified atom stereocenters. The molecule has 2 atom stereocenters. The van der Waals surface area contributed by atoms with Gasteiger partial charge in [0.15, 0.2) is 0 Å². The molecule has 0 aromatic rings. The van der Waals surface area contributed by atoms with Gasteiger partial charge in [0.25, 0.3) is 0 Å². The molecular weight excluding hydrogens is 261 g/mol. The highest BCUT2D eigenvalue weighted by molar-refractivity contribution is 5.84. The van der Waals surface area contributed by atoms with Crippen LogP contribution in [0.15, 0.2) is 0 Å². The molecule has 0 spiro atoms. The van der Waals surface area contributed by atoms with Gasteiger partial charge in [-0.15, -0.1) is 0 Å². The lowest BCUT2D eigenvalue weighted by Crippen LogP contribution is -2.48. The van der Waals surface area contributed by atoms with E-state index in [4.69, 9.17) is 0 Å². The number of ketones is 1. The Morgan fingerprint density at radius 1 is 1.32 bits per heavy atom. The quantitative estimate of drug-likeness (QED) is 0.841. The first-order chi connectivity index (χ1) is 8.88. The summed E-state index contributed by atoms with van der Waals surface area (Å²) in [6.45, 7) is -0.897. The molecular formula is C12H17F3N2O2. The number of amides is 2. The maximum absolute atomic E-state index is 12.1. The van der Waals surface area contributed by atoms with Gasteiger partial charge in [-0.3, -0.25) is 4.79 Å². The maximum atomic E-state index is 12.1. The zero-order valence-electron chi connectivity index (χ0n) is 10.5. The SMILES string of the molecule is O=C1CCCC1C1CCCN1C(=O)NCC(F)(F)F. The molecule has 1 N–H and O–H groups in total. The third-order valence-electron chi connectivity index (χ3n) is 3.82. The minimum atomic E-state index is -4.41. The number of rotatable bonds is 2. The molecule has 1 heterocycles. The number of hydrogen-bond acceptors (Lipinski definition) is 2. The van der Waals surface area contributed by atoms with E-state index in [1.54, 1.807) is 0 Å². The topological polar surface area (TPSA) is 49.4 Å². The molecule has 0 bridgehead atoms. The van der Waals surface area contributed by atoms with Crippen LogP contribution in [-0.2, 0) is 4.79 Å². The smallest absolute Gasteiger partial charge is 0.329 e. The van der Waals surface area contributed by atoms with Gasteiger partial charge in [-0.1, -0.05) is 0 Å². The summed E-state index contributed by atoms with van der Waals surface area (Å²) in [7, 11) is 0. The van der Waals surface area contributed by atoms with Crippen molar-refractivity contribution in [3.63, 3.8) is 0 Å². The number of alkyl halides is 3. The highest BCUT2D eigenvalue weighted by Gasteiger charge is 2.40. The molecule has 2 aliphatic rings. The Kier molecular flexibility index (Phi) is 4.01. The van der Waals surface area contributed by atoms with Crippen LogP contribution in [0.25, 0.3) is 0 Å². The monoisotopic (exact) mass is 278 g/mol. The highest BCUT2D eigenvalue weighted by Crippen LogP contribution is 2.33. The van der Waals surface area contributed by atoms with Gasteiger partial charge in [0.1, 0.15) is 12.3 Å². The van der Waals surface area contributed by atoms with Gasteiger partial charge in [-0.05, 0) is 25.7 Å². The second-order valence-corrected chi connectivity index (χ2v) is 5.14. The van der Waals surface area contributed by atoms with E-state index in [0.717, 1.165) is 19.3 Å². The Morgan fingerprint density at radius 2 is 2.05 bits per heavy atom. The first kappa shape index (κ1) is 14.1. The molecule has 7 heteroatoms. The molecule has 2 fully saturated rings. The number of halogens is 3. The fraction of sp³-hybridized carbons (Fsp3) is 0.833. The molecule has 1 saturated heterocycles. The summed E-state index contributed by atoms with van der Waals surface area (Å²) in [6, 6.07) is -0.928. The fourth-order valence-electron chi connectivity index (χ4n) is 2.99. The van der Waals surface area contributed by atoms with Gasteiger partial charge in [0.05, 0.1) is 0 Å². The number of nitrogens with zero attached hydrogens (tertiary/aromatic N) is 1. The van der Waals surface area contributed by atoms with E-state index >= 15 is 0 Å². The van der Waals surface area contributed by atoms with Gasteiger partial charge >= 0.3 is 12.2 Å². The van der Waals surface area contributed by atoms with Gasteiger partial charge in [0, 0.05) is 24.9 Å². The van der Waals surface area contributed by atoms with Crippen LogP contribution in [0.1, 0.15) is 32.1 Å². The lowest BCUT2D eigenvalue weighted by molar-refractivity contribution is -0.124. The molecule has 2 rings (SSSR count). The minimum Gasteiger partial charge on any atom is -0.329 e. The Balaban J connectivity index is 1.94. The zero-order valence-corrected chi connectivity index (χ0v) is 10.5. The predicted molar refractivity (Wildman–Crippen MR) is 61.5 cm³/mol. The van der Waals surface area contributed by atoms with Crippen LogP contribution in [0.4, 0.5) is 18.0 Å². The second kappa shape index (κ2) is 5.38. The molecule has 4 nitrogen and oxygen atoms in total. The number of carbonyl (C=O) groups excluding carboxylic acids is 2. The molecule has 0 aromatic carbocycles. The third kappa shape index (κ3) is 3.39. The van der Waals surface area contributed by atoms with Crippen molar-refractivity contribution >= 4 is 11.8 Å². The fourth-order valence-corrected chi connectivity index (χ4v) is 2.99. The molecule has 0 radical (unpaired) electrons. The van der Waals surface area contributed by atoms with Crippen LogP contribution in [0.5, 0.6) is 0 Å². The standard InChI is InChI=1S/C12H17F3N2O2/c13-12(14,15)7-16-11(19)17-6-2-4-9(17)8-3-1-5-10(8)18/h8-9H,1-7H2,(H,16,19). The van der Waals surface area contributed by atoms with E-state index in [1.165, 1.54) is 4.90 Å². The van der Waals surface area contributed by atoms with Gasteiger partial charge in [-0.25, -0.2) is 4.79 Å². The molecule has 108 valence electrons. The normalized spacial score (nSPS) is 27.9. The summed E-state index contributed by atoms with van der Waals surface area (Å²) in [5.74, 6) is -0.0420. The van der Waals surface area contributed by atoms with Crippen molar-refractivity contribution < 1.29 is 22.8 Å². The van der Waals surface area contributed by atoms with E-state index in [9.17, 15) is 22.8 Å². The average Bonchev–Trinajstić information content (AvgIpc) is 2.92. The number of nitrogens with one attached hydrogen (secondary N) is 1. The van der Waals surface area contributed by atoms with Gasteiger partial charge in [-0.2, -0.15) is 13.2 Å². The lowest BCUT2D eigenvalue weighted by Gasteiger charge is -2.28. The predicted octanol–water partition coefficient (Wildman–Crippen LogP) is 2.09. The van der Waals surface area contributed by atoms with Gasteiger partial charge in [0.2, 0.25) is 0 Å².